The van der Waals surface area contributed by atoms with Crippen LogP contribution in [0.3, 0.4) is 0 Å². The highest BCUT2D eigenvalue weighted by Gasteiger charge is 2.20. The predicted octanol–water partition coefficient (Wildman–Crippen LogP) is 5.38. The normalized spacial score (nSPS) is 18.3. The second-order valence-corrected chi connectivity index (χ2v) is 7.60. The zero-order valence-electron chi connectivity index (χ0n) is 21.9. The zero-order valence-corrected chi connectivity index (χ0v) is 15.9. The fourth-order valence-corrected chi connectivity index (χ4v) is 3.57. The molecule has 0 bridgehead atoms. The lowest BCUT2D eigenvalue weighted by atomic mass is 9.92. The van der Waals surface area contributed by atoms with Gasteiger partial charge in [-0.05, 0) is 72.2 Å². The van der Waals surface area contributed by atoms with Crippen molar-refractivity contribution in [2.45, 2.75) is 53.9 Å². The maximum atomic E-state index is 13.5. The number of hydrogen-bond acceptors (Lipinski definition) is 2. The molecule has 0 spiro atoms. The number of hydrogen-bond donors (Lipinski definition) is 1. The van der Waals surface area contributed by atoms with Gasteiger partial charge in [0.15, 0.2) is 0 Å². The van der Waals surface area contributed by atoms with Crippen LogP contribution in [0.4, 0.5) is 15.8 Å². The molecule has 0 aliphatic carbocycles. The van der Waals surface area contributed by atoms with Crippen molar-refractivity contribution in [2.75, 3.05) is 16.8 Å². The predicted molar refractivity (Wildman–Crippen MR) is 110 cm³/mol. The van der Waals surface area contributed by atoms with Crippen LogP contribution in [0.15, 0.2) is 30.3 Å². The number of carbonyl (C=O) groups excluding carboxylic acids is 1. The Morgan fingerprint density at radius 1 is 1.22 bits per heavy atom. The Morgan fingerprint density at radius 3 is 2.59 bits per heavy atom. The minimum Gasteiger partial charge on any atom is -0.367 e. The monoisotopic (exact) mass is 374 g/mol. The van der Waals surface area contributed by atoms with Gasteiger partial charge in [-0.1, -0.05) is 26.7 Å². The van der Waals surface area contributed by atoms with Gasteiger partial charge in [0, 0.05) is 39.1 Å². The van der Waals surface area contributed by atoms with Gasteiger partial charge in [0.25, 0.3) is 0 Å². The topological polar surface area (TPSA) is 32.3 Å². The highest BCUT2D eigenvalue weighted by Crippen LogP contribution is 2.31. The minimum absolute atomic E-state index is 0.234. The first-order valence-electron chi connectivity index (χ1n) is 12.1. The summed E-state index contributed by atoms with van der Waals surface area (Å²) in [6.45, 7) is 0.522. The average molecular weight is 375 g/mol. The summed E-state index contributed by atoms with van der Waals surface area (Å²) in [7, 11) is 0. The summed E-state index contributed by atoms with van der Waals surface area (Å²) in [4.78, 5) is 14.9. The molecule has 144 valence electrons. The van der Waals surface area contributed by atoms with Gasteiger partial charge in [-0.15, -0.1) is 0 Å². The SMILES string of the molecule is [2H]C([2H])([2H])C(C)(CC(=O)Nc1c(C)cc(N2CCc3cc(F)ccc3C2)cc1C)C([2H])([2H])[2H]. The van der Waals surface area contributed by atoms with Crippen LogP contribution < -0.4 is 10.2 Å². The summed E-state index contributed by atoms with van der Waals surface area (Å²) >= 11 is 0. The Balaban J connectivity index is 1.80. The molecule has 1 amide bonds. The van der Waals surface area contributed by atoms with Crippen LogP contribution in [0.2, 0.25) is 0 Å². The van der Waals surface area contributed by atoms with Gasteiger partial charge in [-0.25, -0.2) is 4.39 Å². The molecule has 1 aliphatic heterocycles. The Labute approximate surface area is 170 Å². The Kier molecular flexibility index (Phi) is 3.51. The van der Waals surface area contributed by atoms with E-state index in [0.717, 1.165) is 47.8 Å². The van der Waals surface area contributed by atoms with Crippen molar-refractivity contribution < 1.29 is 17.4 Å². The van der Waals surface area contributed by atoms with Crippen LogP contribution in [0.5, 0.6) is 0 Å². The fraction of sp³-hybridized carbons (Fsp3) is 0.435. The number of nitrogens with zero attached hydrogens (tertiary/aromatic N) is 1. The van der Waals surface area contributed by atoms with E-state index in [1.807, 2.05) is 26.0 Å². The van der Waals surface area contributed by atoms with Crippen molar-refractivity contribution in [3.8, 4) is 0 Å². The molecule has 1 N–H and O–H groups in total. The molecule has 0 atom stereocenters. The van der Waals surface area contributed by atoms with E-state index in [1.54, 1.807) is 12.1 Å². The summed E-state index contributed by atoms with van der Waals surface area (Å²) in [5, 5.41) is 2.73. The van der Waals surface area contributed by atoms with Crippen molar-refractivity contribution in [3.05, 3.63) is 58.4 Å². The maximum absolute atomic E-state index is 13.5. The Morgan fingerprint density at radius 2 is 1.93 bits per heavy atom. The quantitative estimate of drug-likeness (QED) is 0.782. The molecule has 0 aromatic heterocycles. The number of amides is 1. The van der Waals surface area contributed by atoms with Gasteiger partial charge >= 0.3 is 0 Å². The van der Waals surface area contributed by atoms with Gasteiger partial charge in [0.1, 0.15) is 5.82 Å². The first-order chi connectivity index (χ1) is 15.1. The van der Waals surface area contributed by atoms with Gasteiger partial charge < -0.3 is 10.2 Å². The van der Waals surface area contributed by atoms with Crippen molar-refractivity contribution in [3.63, 3.8) is 0 Å². The van der Waals surface area contributed by atoms with Crippen LogP contribution in [0, 0.1) is 25.1 Å². The van der Waals surface area contributed by atoms with Crippen molar-refractivity contribution in [1.29, 1.82) is 0 Å². The molecule has 3 nitrogen and oxygen atoms in total. The van der Waals surface area contributed by atoms with Crippen LogP contribution >= 0.6 is 0 Å². The van der Waals surface area contributed by atoms with E-state index < -0.39 is 31.4 Å². The molecule has 0 unspecified atom stereocenters. The van der Waals surface area contributed by atoms with E-state index in [2.05, 4.69) is 10.2 Å². The van der Waals surface area contributed by atoms with E-state index in [9.17, 15) is 9.18 Å². The smallest absolute Gasteiger partial charge is 0.224 e. The van der Waals surface area contributed by atoms with Crippen molar-refractivity contribution in [2.24, 2.45) is 5.41 Å². The highest BCUT2D eigenvalue weighted by atomic mass is 19.1. The molecule has 2 aromatic carbocycles. The Hall–Kier alpha value is -2.36. The molecular weight excluding hydrogens is 339 g/mol. The van der Waals surface area contributed by atoms with Gasteiger partial charge in [-0.2, -0.15) is 0 Å². The van der Waals surface area contributed by atoms with Crippen LogP contribution in [0.25, 0.3) is 0 Å². The molecular formula is C23H29FN2O. The van der Waals surface area contributed by atoms with Crippen LogP contribution in [-0.2, 0) is 17.8 Å². The third-order valence-corrected chi connectivity index (χ3v) is 4.84. The van der Waals surface area contributed by atoms with E-state index in [1.165, 1.54) is 6.07 Å². The number of carbonyl (C=O) groups is 1. The molecule has 1 aliphatic rings. The number of fused-ring (bicyclic) bond motifs is 1. The summed E-state index contributed by atoms with van der Waals surface area (Å²) in [6.07, 6.45) is 0.0760. The zero-order chi connectivity index (χ0) is 24.8. The molecule has 2 aromatic rings. The van der Waals surface area contributed by atoms with Gasteiger partial charge in [0.05, 0.1) is 0 Å². The first kappa shape index (κ1) is 12.9. The Bertz CT molecular complexity index is 1030. The van der Waals surface area contributed by atoms with Gasteiger partial charge in [0.2, 0.25) is 5.91 Å². The molecule has 4 heteroatoms. The second-order valence-electron chi connectivity index (χ2n) is 7.60. The first-order valence-corrected chi connectivity index (χ1v) is 9.06. The third-order valence-electron chi connectivity index (χ3n) is 4.84. The molecule has 0 saturated heterocycles. The lowest BCUT2D eigenvalue weighted by molar-refractivity contribution is -0.117. The standard InChI is InChI=1S/C23H29FN2O/c1-15-10-20(11-16(2)22(15)25-21(27)13-23(3,4)5)26-9-8-17-12-19(24)7-6-18(17)14-26/h6-7,10-12H,8-9,13-14H2,1-5H3,(H,25,27)/i3D3,4D3. The average Bonchev–Trinajstić information content (AvgIpc) is 2.68. The number of benzene rings is 2. The summed E-state index contributed by atoms with van der Waals surface area (Å²) in [5.74, 6) is -0.889. The summed E-state index contributed by atoms with van der Waals surface area (Å²) in [5.41, 5.74) is 3.00. The van der Waals surface area contributed by atoms with E-state index >= 15 is 0 Å². The number of aryl methyl sites for hydroxylation is 2. The van der Waals surface area contributed by atoms with Gasteiger partial charge in [-0.3, -0.25) is 4.79 Å². The lowest BCUT2D eigenvalue weighted by Crippen LogP contribution is -2.30. The maximum Gasteiger partial charge on any atom is 0.224 e. The molecule has 1 heterocycles. The van der Waals surface area contributed by atoms with E-state index in [0.29, 0.717) is 12.2 Å². The van der Waals surface area contributed by atoms with Crippen LogP contribution in [-0.4, -0.2) is 12.5 Å². The van der Waals surface area contributed by atoms with Crippen LogP contribution in [0.1, 0.15) is 57.5 Å². The number of rotatable bonds is 3. The van der Waals surface area contributed by atoms with Crippen molar-refractivity contribution in [1.82, 2.24) is 0 Å². The molecule has 3 rings (SSSR count). The third kappa shape index (κ3) is 4.68. The number of nitrogens with one attached hydrogen (secondary N) is 1. The minimum atomic E-state index is -2.82. The fourth-order valence-electron chi connectivity index (χ4n) is 3.57. The summed E-state index contributed by atoms with van der Waals surface area (Å²) < 4.78 is 59.5. The van der Waals surface area contributed by atoms with E-state index in [-0.39, 0.29) is 5.82 Å². The number of halogens is 1. The van der Waals surface area contributed by atoms with E-state index in [4.69, 9.17) is 8.22 Å². The molecule has 27 heavy (non-hydrogen) atoms. The summed E-state index contributed by atoms with van der Waals surface area (Å²) in [6, 6.07) is 8.71. The molecule has 0 saturated carbocycles. The second kappa shape index (κ2) is 7.34. The van der Waals surface area contributed by atoms with Crippen molar-refractivity contribution >= 4 is 17.3 Å². The molecule has 0 fully saturated rings. The lowest BCUT2D eigenvalue weighted by Gasteiger charge is -2.31. The largest absolute Gasteiger partial charge is 0.367 e. The molecule has 0 radical (unpaired) electrons. The number of anilines is 2. The highest BCUT2D eigenvalue weighted by molar-refractivity contribution is 5.93.